The third-order valence-electron chi connectivity index (χ3n) is 2.69. The van der Waals surface area contributed by atoms with E-state index in [4.69, 9.17) is 11.1 Å². The lowest BCUT2D eigenvalue weighted by atomic mass is 9.80. The van der Waals surface area contributed by atoms with Crippen LogP contribution in [0.2, 0.25) is 0 Å². The van der Waals surface area contributed by atoms with E-state index in [9.17, 15) is 4.79 Å². The van der Waals surface area contributed by atoms with E-state index < -0.39 is 5.92 Å². The zero-order valence-electron chi connectivity index (χ0n) is 7.62. The van der Waals surface area contributed by atoms with Gasteiger partial charge in [-0.25, -0.2) is 5.84 Å². The monoisotopic (exact) mass is 181 g/mol. The zero-order valence-corrected chi connectivity index (χ0v) is 7.62. The van der Waals surface area contributed by atoms with Crippen molar-refractivity contribution in [3.05, 3.63) is 0 Å². The lowest BCUT2D eigenvalue weighted by molar-refractivity contribution is -0.125. The van der Waals surface area contributed by atoms with Gasteiger partial charge in [-0.05, 0) is 18.8 Å². The van der Waals surface area contributed by atoms with Gasteiger partial charge < -0.3 is 0 Å². The maximum absolute atomic E-state index is 11.2. The Labute approximate surface area is 78.1 Å². The predicted octanol–water partition coefficient (Wildman–Crippen LogP) is 0.696. The zero-order chi connectivity index (χ0) is 9.68. The Morgan fingerprint density at radius 3 is 2.54 bits per heavy atom. The van der Waals surface area contributed by atoms with Gasteiger partial charge in [0, 0.05) is 0 Å². The molecule has 1 atom stereocenters. The van der Waals surface area contributed by atoms with E-state index in [1.807, 2.05) is 6.07 Å². The van der Waals surface area contributed by atoms with E-state index in [1.54, 1.807) is 0 Å². The Kier molecular flexibility index (Phi) is 3.71. The number of carbonyl (C=O) groups excluding carboxylic acids is 1. The number of nitrogens with two attached hydrogens (primary N) is 1. The molecule has 13 heavy (non-hydrogen) atoms. The highest BCUT2D eigenvalue weighted by Gasteiger charge is 2.28. The van der Waals surface area contributed by atoms with Crippen LogP contribution in [0, 0.1) is 23.2 Å². The van der Waals surface area contributed by atoms with Gasteiger partial charge in [0.15, 0.2) is 0 Å². The van der Waals surface area contributed by atoms with Crippen LogP contribution in [0.25, 0.3) is 0 Å². The second kappa shape index (κ2) is 4.83. The molecule has 0 aromatic rings. The minimum Gasteiger partial charge on any atom is -0.293 e. The van der Waals surface area contributed by atoms with Gasteiger partial charge in [-0.1, -0.05) is 19.3 Å². The van der Waals surface area contributed by atoms with Crippen LogP contribution in [0.3, 0.4) is 0 Å². The minimum atomic E-state index is -0.551. The molecule has 0 aromatic carbocycles. The van der Waals surface area contributed by atoms with E-state index >= 15 is 0 Å². The molecule has 0 saturated heterocycles. The van der Waals surface area contributed by atoms with Crippen molar-refractivity contribution in [2.24, 2.45) is 17.7 Å². The predicted molar refractivity (Wildman–Crippen MR) is 48.0 cm³/mol. The molecular formula is C9H15N3O. The van der Waals surface area contributed by atoms with Crippen molar-refractivity contribution in [3.63, 3.8) is 0 Å². The molecule has 0 spiro atoms. The SMILES string of the molecule is N#C[C@H](C(=O)NN)C1CCCCC1. The van der Waals surface area contributed by atoms with E-state index in [1.165, 1.54) is 6.42 Å². The molecule has 0 bridgehead atoms. The molecule has 0 heterocycles. The highest BCUT2D eigenvalue weighted by atomic mass is 16.2. The Bertz CT molecular complexity index is 215. The molecule has 4 heteroatoms. The molecular weight excluding hydrogens is 166 g/mol. The van der Waals surface area contributed by atoms with Crippen molar-refractivity contribution >= 4 is 5.91 Å². The van der Waals surface area contributed by atoms with Gasteiger partial charge in [0.25, 0.3) is 5.91 Å². The summed E-state index contributed by atoms with van der Waals surface area (Å²) in [4.78, 5) is 11.2. The van der Waals surface area contributed by atoms with E-state index in [0.717, 1.165) is 25.7 Å². The number of hydrazine groups is 1. The number of hydrogen-bond acceptors (Lipinski definition) is 3. The summed E-state index contributed by atoms with van der Waals surface area (Å²) in [7, 11) is 0. The number of nitrogens with zero attached hydrogens (tertiary/aromatic N) is 1. The molecule has 0 aliphatic heterocycles. The second-order valence-corrected chi connectivity index (χ2v) is 3.51. The number of hydrogen-bond donors (Lipinski definition) is 2. The van der Waals surface area contributed by atoms with E-state index in [-0.39, 0.29) is 11.8 Å². The number of amides is 1. The minimum absolute atomic E-state index is 0.210. The number of rotatable bonds is 2. The fourth-order valence-electron chi connectivity index (χ4n) is 1.94. The van der Waals surface area contributed by atoms with E-state index in [2.05, 4.69) is 5.43 Å². The van der Waals surface area contributed by atoms with Gasteiger partial charge >= 0.3 is 0 Å². The van der Waals surface area contributed by atoms with Gasteiger partial charge in [-0.2, -0.15) is 5.26 Å². The molecule has 1 saturated carbocycles. The molecule has 1 aliphatic carbocycles. The highest BCUT2D eigenvalue weighted by molar-refractivity contribution is 5.80. The molecule has 0 aromatic heterocycles. The summed E-state index contributed by atoms with van der Waals surface area (Å²) in [6.45, 7) is 0. The third-order valence-corrected chi connectivity index (χ3v) is 2.69. The molecule has 1 amide bonds. The summed E-state index contributed by atoms with van der Waals surface area (Å²) in [5, 5.41) is 8.81. The smallest absolute Gasteiger partial charge is 0.251 e. The standard InChI is InChI=1S/C9H15N3O/c10-6-8(9(13)12-11)7-4-2-1-3-5-7/h7-8H,1-5,11H2,(H,12,13)/t8-/m0/s1. The number of carbonyl (C=O) groups is 1. The molecule has 72 valence electrons. The summed E-state index contributed by atoms with van der Waals surface area (Å²) in [6, 6.07) is 2.03. The summed E-state index contributed by atoms with van der Waals surface area (Å²) in [5.41, 5.74) is 2.05. The largest absolute Gasteiger partial charge is 0.293 e. The van der Waals surface area contributed by atoms with Gasteiger partial charge in [0.05, 0.1) is 6.07 Å². The first kappa shape index (κ1) is 10.0. The highest BCUT2D eigenvalue weighted by Crippen LogP contribution is 2.29. The number of nitriles is 1. The van der Waals surface area contributed by atoms with Crippen LogP contribution >= 0.6 is 0 Å². The summed E-state index contributed by atoms with van der Waals surface area (Å²) in [5.74, 6) is 4.33. The molecule has 1 fully saturated rings. The first-order valence-corrected chi connectivity index (χ1v) is 4.69. The summed E-state index contributed by atoms with van der Waals surface area (Å²) < 4.78 is 0. The van der Waals surface area contributed by atoms with Crippen molar-refractivity contribution < 1.29 is 4.79 Å². The van der Waals surface area contributed by atoms with Gasteiger partial charge in [-0.3, -0.25) is 10.2 Å². The van der Waals surface area contributed by atoms with Crippen LogP contribution in [0.4, 0.5) is 0 Å². The topological polar surface area (TPSA) is 78.9 Å². The normalized spacial score (nSPS) is 20.3. The van der Waals surface area contributed by atoms with Crippen LogP contribution < -0.4 is 11.3 Å². The first-order chi connectivity index (χ1) is 6.29. The lowest BCUT2D eigenvalue weighted by Gasteiger charge is -2.24. The molecule has 4 nitrogen and oxygen atoms in total. The summed E-state index contributed by atoms with van der Waals surface area (Å²) in [6.07, 6.45) is 5.43. The fraction of sp³-hybridized carbons (Fsp3) is 0.778. The average molecular weight is 181 g/mol. The molecule has 1 aliphatic rings. The van der Waals surface area contributed by atoms with E-state index in [0.29, 0.717) is 0 Å². The van der Waals surface area contributed by atoms with Gasteiger partial charge in [-0.15, -0.1) is 0 Å². The Morgan fingerprint density at radius 2 is 2.08 bits per heavy atom. The Balaban J connectivity index is 2.55. The Morgan fingerprint density at radius 1 is 1.46 bits per heavy atom. The molecule has 0 unspecified atom stereocenters. The van der Waals surface area contributed by atoms with Gasteiger partial charge in [0.2, 0.25) is 0 Å². The quantitative estimate of drug-likeness (QED) is 0.374. The Hall–Kier alpha value is -1.08. The van der Waals surface area contributed by atoms with Crippen molar-refractivity contribution in [3.8, 4) is 6.07 Å². The molecule has 3 N–H and O–H groups in total. The van der Waals surface area contributed by atoms with Crippen LogP contribution in [0.1, 0.15) is 32.1 Å². The summed E-state index contributed by atoms with van der Waals surface area (Å²) >= 11 is 0. The lowest BCUT2D eigenvalue weighted by Crippen LogP contribution is -2.39. The fourth-order valence-corrected chi connectivity index (χ4v) is 1.94. The van der Waals surface area contributed by atoms with Crippen LogP contribution in [-0.4, -0.2) is 5.91 Å². The third kappa shape index (κ3) is 2.43. The van der Waals surface area contributed by atoms with Crippen LogP contribution in [0.5, 0.6) is 0 Å². The van der Waals surface area contributed by atoms with Crippen LogP contribution in [0.15, 0.2) is 0 Å². The number of nitrogens with one attached hydrogen (secondary N) is 1. The molecule has 1 rings (SSSR count). The maximum Gasteiger partial charge on any atom is 0.251 e. The first-order valence-electron chi connectivity index (χ1n) is 4.69. The van der Waals surface area contributed by atoms with Gasteiger partial charge in [0.1, 0.15) is 5.92 Å². The van der Waals surface area contributed by atoms with Crippen LogP contribution in [-0.2, 0) is 4.79 Å². The van der Waals surface area contributed by atoms with Crippen molar-refractivity contribution in [2.75, 3.05) is 0 Å². The second-order valence-electron chi connectivity index (χ2n) is 3.51. The van der Waals surface area contributed by atoms with Crippen molar-refractivity contribution in [2.45, 2.75) is 32.1 Å². The maximum atomic E-state index is 11.2. The van der Waals surface area contributed by atoms with Crippen molar-refractivity contribution in [1.82, 2.24) is 5.43 Å². The molecule has 0 radical (unpaired) electrons. The van der Waals surface area contributed by atoms with Crippen molar-refractivity contribution in [1.29, 1.82) is 5.26 Å². The average Bonchev–Trinajstić information content (AvgIpc) is 2.20.